The lowest BCUT2D eigenvalue weighted by Crippen LogP contribution is -2.11. The van der Waals surface area contributed by atoms with Crippen LogP contribution in [0.2, 0.25) is 0 Å². The predicted octanol–water partition coefficient (Wildman–Crippen LogP) is 5.18. The second kappa shape index (κ2) is 4.81. The molecule has 3 aromatic carbocycles. The van der Waals surface area contributed by atoms with E-state index in [-0.39, 0.29) is 5.78 Å². The zero-order valence-electron chi connectivity index (χ0n) is 12.9. The third-order valence-electron chi connectivity index (χ3n) is 4.78. The van der Waals surface area contributed by atoms with Crippen molar-refractivity contribution in [2.45, 2.75) is 26.7 Å². The number of fused-ring (bicyclic) bond motifs is 2. The Hall–Kier alpha value is -2.41. The second-order valence-corrected chi connectivity index (χ2v) is 5.92. The molecule has 0 bridgehead atoms. The van der Waals surface area contributed by atoms with Crippen molar-refractivity contribution in [2.24, 2.45) is 0 Å². The topological polar surface area (TPSA) is 17.1 Å². The first-order valence-corrected chi connectivity index (χ1v) is 7.97. The first-order valence-electron chi connectivity index (χ1n) is 7.97. The summed E-state index contributed by atoms with van der Waals surface area (Å²) in [6, 6.07) is 16.8. The SMILES string of the molecule is CCc1ccc2c(c1)C(=O)c1ccc(CC)c3cccc-2c13. The minimum absolute atomic E-state index is 0.164. The third-order valence-corrected chi connectivity index (χ3v) is 4.78. The van der Waals surface area contributed by atoms with Crippen molar-refractivity contribution in [3.05, 3.63) is 70.8 Å². The van der Waals surface area contributed by atoms with E-state index >= 15 is 0 Å². The number of rotatable bonds is 2. The Morgan fingerprint density at radius 3 is 2.36 bits per heavy atom. The number of carbonyl (C=O) groups excluding carboxylic acids is 1. The lowest BCUT2D eigenvalue weighted by molar-refractivity contribution is 0.104. The Bertz CT molecular complexity index is 919. The molecule has 0 heterocycles. The number of hydrogen-bond donors (Lipinski definition) is 0. The van der Waals surface area contributed by atoms with Gasteiger partial charge in [-0.1, -0.05) is 56.3 Å². The van der Waals surface area contributed by atoms with E-state index in [2.05, 4.69) is 56.3 Å². The van der Waals surface area contributed by atoms with Crippen molar-refractivity contribution in [1.82, 2.24) is 0 Å². The summed E-state index contributed by atoms with van der Waals surface area (Å²) in [5.41, 5.74) is 6.50. The van der Waals surface area contributed by atoms with Crippen molar-refractivity contribution < 1.29 is 4.79 Å². The molecule has 0 atom stereocenters. The lowest BCUT2D eigenvalue weighted by Gasteiger charge is -2.21. The van der Waals surface area contributed by atoms with Crippen LogP contribution in [0, 0.1) is 0 Å². The van der Waals surface area contributed by atoms with Crippen LogP contribution in [0.5, 0.6) is 0 Å². The van der Waals surface area contributed by atoms with Crippen LogP contribution < -0.4 is 0 Å². The van der Waals surface area contributed by atoms with Crippen molar-refractivity contribution in [3.8, 4) is 11.1 Å². The van der Waals surface area contributed by atoms with Gasteiger partial charge in [-0.2, -0.15) is 0 Å². The van der Waals surface area contributed by atoms with E-state index in [1.54, 1.807) is 0 Å². The molecule has 108 valence electrons. The van der Waals surface area contributed by atoms with Crippen LogP contribution in [0.1, 0.15) is 40.9 Å². The molecule has 22 heavy (non-hydrogen) atoms. The Balaban J connectivity index is 2.14. The van der Waals surface area contributed by atoms with E-state index in [4.69, 9.17) is 0 Å². The van der Waals surface area contributed by atoms with Crippen LogP contribution in [0.15, 0.2) is 48.5 Å². The monoisotopic (exact) mass is 286 g/mol. The van der Waals surface area contributed by atoms with Crippen molar-refractivity contribution in [1.29, 1.82) is 0 Å². The molecule has 4 rings (SSSR count). The number of benzene rings is 3. The molecule has 0 aliphatic heterocycles. The van der Waals surface area contributed by atoms with E-state index in [0.29, 0.717) is 0 Å². The summed E-state index contributed by atoms with van der Waals surface area (Å²) in [6.07, 6.45) is 1.93. The van der Waals surface area contributed by atoms with Gasteiger partial charge in [-0.15, -0.1) is 0 Å². The highest BCUT2D eigenvalue weighted by atomic mass is 16.1. The summed E-state index contributed by atoms with van der Waals surface area (Å²) < 4.78 is 0. The standard InChI is InChI=1S/C21H18O/c1-3-13-8-10-16-17-7-5-6-15-14(4-2)9-11-18(20(15)17)21(22)19(16)12-13/h5-12H,3-4H2,1-2H3. The lowest BCUT2D eigenvalue weighted by atomic mass is 9.81. The molecule has 0 aromatic heterocycles. The molecule has 0 fully saturated rings. The highest BCUT2D eigenvalue weighted by molar-refractivity contribution is 6.26. The summed E-state index contributed by atoms with van der Waals surface area (Å²) in [4.78, 5) is 13.0. The molecule has 0 saturated carbocycles. The second-order valence-electron chi connectivity index (χ2n) is 5.92. The van der Waals surface area contributed by atoms with Gasteiger partial charge in [0.25, 0.3) is 0 Å². The van der Waals surface area contributed by atoms with Crippen LogP contribution in [0.25, 0.3) is 21.9 Å². The molecule has 0 saturated heterocycles. The smallest absolute Gasteiger partial charge is 0.194 e. The Morgan fingerprint density at radius 1 is 0.773 bits per heavy atom. The minimum atomic E-state index is 0.164. The number of aryl methyl sites for hydroxylation is 2. The van der Waals surface area contributed by atoms with Crippen LogP contribution >= 0.6 is 0 Å². The normalized spacial score (nSPS) is 12.5. The average Bonchev–Trinajstić information content (AvgIpc) is 2.58. The van der Waals surface area contributed by atoms with Gasteiger partial charge in [0.1, 0.15) is 0 Å². The Kier molecular flexibility index (Phi) is 2.90. The van der Waals surface area contributed by atoms with Gasteiger partial charge in [0, 0.05) is 16.5 Å². The fourth-order valence-electron chi connectivity index (χ4n) is 3.57. The Morgan fingerprint density at radius 2 is 1.59 bits per heavy atom. The third kappa shape index (κ3) is 1.69. The molecule has 1 heteroatoms. The molecule has 1 aliphatic rings. The Labute approximate surface area is 130 Å². The molecule has 0 amide bonds. The van der Waals surface area contributed by atoms with Crippen molar-refractivity contribution in [3.63, 3.8) is 0 Å². The largest absolute Gasteiger partial charge is 0.289 e. The summed E-state index contributed by atoms with van der Waals surface area (Å²) in [5.74, 6) is 0.164. The van der Waals surface area contributed by atoms with Crippen LogP contribution in [-0.2, 0) is 12.8 Å². The van der Waals surface area contributed by atoms with Crippen LogP contribution in [0.3, 0.4) is 0 Å². The minimum Gasteiger partial charge on any atom is -0.289 e. The summed E-state index contributed by atoms with van der Waals surface area (Å²) in [6.45, 7) is 4.29. The van der Waals surface area contributed by atoms with Gasteiger partial charge in [0.15, 0.2) is 5.78 Å². The molecule has 1 nitrogen and oxygen atoms in total. The molecule has 0 radical (unpaired) electrons. The van der Waals surface area contributed by atoms with Gasteiger partial charge in [-0.05, 0) is 46.5 Å². The van der Waals surface area contributed by atoms with Crippen LogP contribution in [-0.4, -0.2) is 5.78 Å². The zero-order chi connectivity index (χ0) is 15.3. The maximum atomic E-state index is 13.0. The highest BCUT2D eigenvalue weighted by Crippen LogP contribution is 2.40. The summed E-state index contributed by atoms with van der Waals surface area (Å²) in [5, 5.41) is 2.35. The van der Waals surface area contributed by atoms with Crippen molar-refractivity contribution in [2.75, 3.05) is 0 Å². The van der Waals surface area contributed by atoms with Gasteiger partial charge in [-0.25, -0.2) is 0 Å². The quantitative estimate of drug-likeness (QED) is 0.496. The maximum absolute atomic E-state index is 13.0. The van der Waals surface area contributed by atoms with E-state index in [9.17, 15) is 4.79 Å². The first kappa shape index (κ1) is 13.3. The summed E-state index contributed by atoms with van der Waals surface area (Å²) >= 11 is 0. The molecule has 0 spiro atoms. The van der Waals surface area contributed by atoms with Gasteiger partial charge in [0.2, 0.25) is 0 Å². The molecular formula is C21H18O. The van der Waals surface area contributed by atoms with Gasteiger partial charge < -0.3 is 0 Å². The molecule has 1 aliphatic carbocycles. The fraction of sp³-hybridized carbons (Fsp3) is 0.190. The van der Waals surface area contributed by atoms with Gasteiger partial charge in [-0.3, -0.25) is 4.79 Å². The van der Waals surface area contributed by atoms with Crippen LogP contribution in [0.4, 0.5) is 0 Å². The zero-order valence-corrected chi connectivity index (χ0v) is 12.9. The molecule has 3 aromatic rings. The fourth-order valence-corrected chi connectivity index (χ4v) is 3.57. The molecule has 0 unspecified atom stereocenters. The predicted molar refractivity (Wildman–Crippen MR) is 91.6 cm³/mol. The molecular weight excluding hydrogens is 268 g/mol. The maximum Gasteiger partial charge on any atom is 0.194 e. The van der Waals surface area contributed by atoms with E-state index < -0.39 is 0 Å². The first-order chi connectivity index (χ1) is 10.7. The van der Waals surface area contributed by atoms with E-state index in [1.165, 1.54) is 22.1 Å². The van der Waals surface area contributed by atoms with Gasteiger partial charge >= 0.3 is 0 Å². The number of ketones is 1. The number of hydrogen-bond acceptors (Lipinski definition) is 1. The van der Waals surface area contributed by atoms with E-state index in [1.807, 2.05) is 6.07 Å². The molecule has 0 N–H and O–H groups in total. The highest BCUT2D eigenvalue weighted by Gasteiger charge is 2.25. The van der Waals surface area contributed by atoms with Gasteiger partial charge in [0.05, 0.1) is 0 Å². The van der Waals surface area contributed by atoms with Crippen molar-refractivity contribution >= 4 is 16.6 Å². The summed E-state index contributed by atoms with van der Waals surface area (Å²) in [7, 11) is 0. The number of carbonyl (C=O) groups is 1. The average molecular weight is 286 g/mol. The van der Waals surface area contributed by atoms with E-state index in [0.717, 1.165) is 34.9 Å².